The molecule has 4 nitrogen and oxygen atoms in total. The Balaban J connectivity index is 2.28. The number of nitrogens with one attached hydrogen (secondary N) is 1. The SMILES string of the molecule is COc1cc(C)ccc1NC(=O)c1ccc(N)cc1F. The van der Waals surface area contributed by atoms with Crippen LogP contribution >= 0.6 is 0 Å². The average molecular weight is 274 g/mol. The zero-order chi connectivity index (χ0) is 14.7. The van der Waals surface area contributed by atoms with Gasteiger partial charge in [-0.25, -0.2) is 4.39 Å². The van der Waals surface area contributed by atoms with Crippen molar-refractivity contribution in [2.24, 2.45) is 0 Å². The number of hydrogen-bond acceptors (Lipinski definition) is 3. The Morgan fingerprint density at radius 2 is 2.00 bits per heavy atom. The standard InChI is InChI=1S/C15H15FN2O2/c1-9-3-6-13(14(7-9)20-2)18-15(19)11-5-4-10(17)8-12(11)16/h3-8H,17H2,1-2H3,(H,18,19). The van der Waals surface area contributed by atoms with Gasteiger partial charge in [0.05, 0.1) is 18.4 Å². The van der Waals surface area contributed by atoms with E-state index in [9.17, 15) is 9.18 Å². The van der Waals surface area contributed by atoms with Gasteiger partial charge in [0.15, 0.2) is 0 Å². The van der Waals surface area contributed by atoms with Crippen molar-refractivity contribution in [1.29, 1.82) is 0 Å². The quantitative estimate of drug-likeness (QED) is 0.846. The van der Waals surface area contributed by atoms with Gasteiger partial charge in [-0.15, -0.1) is 0 Å². The Morgan fingerprint density at radius 1 is 1.25 bits per heavy atom. The van der Waals surface area contributed by atoms with Gasteiger partial charge < -0.3 is 15.8 Å². The molecule has 0 saturated carbocycles. The molecule has 1 amide bonds. The lowest BCUT2D eigenvalue weighted by atomic mass is 10.1. The first-order valence-electron chi connectivity index (χ1n) is 6.02. The van der Waals surface area contributed by atoms with Crippen LogP contribution in [-0.2, 0) is 0 Å². The molecule has 0 spiro atoms. The van der Waals surface area contributed by atoms with Crippen LogP contribution < -0.4 is 15.8 Å². The topological polar surface area (TPSA) is 64.3 Å². The van der Waals surface area contributed by atoms with Crippen molar-refractivity contribution in [3.05, 3.63) is 53.3 Å². The summed E-state index contributed by atoms with van der Waals surface area (Å²) >= 11 is 0. The predicted octanol–water partition coefficient (Wildman–Crippen LogP) is 2.98. The third kappa shape index (κ3) is 2.88. The number of anilines is 2. The van der Waals surface area contributed by atoms with E-state index < -0.39 is 11.7 Å². The number of rotatable bonds is 3. The fourth-order valence-corrected chi connectivity index (χ4v) is 1.81. The Bertz CT molecular complexity index is 656. The summed E-state index contributed by atoms with van der Waals surface area (Å²) in [7, 11) is 1.51. The Labute approximate surface area is 116 Å². The molecule has 0 fully saturated rings. The first-order chi connectivity index (χ1) is 9.51. The maximum Gasteiger partial charge on any atom is 0.258 e. The molecule has 2 rings (SSSR count). The fraction of sp³-hybridized carbons (Fsp3) is 0.133. The van der Waals surface area contributed by atoms with Crippen molar-refractivity contribution in [1.82, 2.24) is 0 Å². The molecule has 3 N–H and O–H groups in total. The smallest absolute Gasteiger partial charge is 0.258 e. The summed E-state index contributed by atoms with van der Waals surface area (Å²) in [5, 5.41) is 2.62. The van der Waals surface area contributed by atoms with Crippen molar-refractivity contribution in [2.75, 3.05) is 18.2 Å². The number of ether oxygens (including phenoxy) is 1. The molecule has 0 atom stereocenters. The number of hydrogen-bond donors (Lipinski definition) is 2. The van der Waals surface area contributed by atoms with E-state index in [1.807, 2.05) is 13.0 Å². The van der Waals surface area contributed by atoms with Crippen LogP contribution in [0.3, 0.4) is 0 Å². The number of aryl methyl sites for hydroxylation is 1. The second-order valence-corrected chi connectivity index (χ2v) is 4.40. The lowest BCUT2D eigenvalue weighted by molar-refractivity contribution is 0.102. The molecule has 5 heteroatoms. The minimum Gasteiger partial charge on any atom is -0.495 e. The van der Waals surface area contributed by atoms with Gasteiger partial charge in [-0.3, -0.25) is 4.79 Å². The van der Waals surface area contributed by atoms with E-state index in [2.05, 4.69) is 5.32 Å². The summed E-state index contributed by atoms with van der Waals surface area (Å²) < 4.78 is 18.9. The third-order valence-corrected chi connectivity index (χ3v) is 2.84. The molecule has 0 aliphatic heterocycles. The van der Waals surface area contributed by atoms with Crippen molar-refractivity contribution < 1.29 is 13.9 Å². The summed E-state index contributed by atoms with van der Waals surface area (Å²) in [6.45, 7) is 1.91. The molecule has 0 aliphatic carbocycles. The molecule has 0 unspecified atom stereocenters. The molecular weight excluding hydrogens is 259 g/mol. The van der Waals surface area contributed by atoms with Gasteiger partial charge >= 0.3 is 0 Å². The zero-order valence-electron chi connectivity index (χ0n) is 11.2. The molecule has 104 valence electrons. The molecule has 0 heterocycles. The Kier molecular flexibility index (Phi) is 3.89. The summed E-state index contributed by atoms with van der Waals surface area (Å²) in [4.78, 5) is 12.1. The number of amides is 1. The first kappa shape index (κ1) is 13.9. The van der Waals surface area contributed by atoms with Crippen molar-refractivity contribution in [3.63, 3.8) is 0 Å². The van der Waals surface area contributed by atoms with E-state index in [0.29, 0.717) is 11.4 Å². The lowest BCUT2D eigenvalue weighted by Gasteiger charge is -2.11. The Morgan fingerprint density at radius 3 is 2.65 bits per heavy atom. The average Bonchev–Trinajstić information content (AvgIpc) is 2.40. The second kappa shape index (κ2) is 5.61. The van der Waals surface area contributed by atoms with Gasteiger partial charge in [0.1, 0.15) is 11.6 Å². The molecular formula is C15H15FN2O2. The van der Waals surface area contributed by atoms with Crippen LogP contribution in [0.1, 0.15) is 15.9 Å². The van der Waals surface area contributed by atoms with Crippen LogP contribution in [-0.4, -0.2) is 13.0 Å². The second-order valence-electron chi connectivity index (χ2n) is 4.40. The predicted molar refractivity (Wildman–Crippen MR) is 76.5 cm³/mol. The number of benzene rings is 2. The molecule has 0 saturated heterocycles. The van der Waals surface area contributed by atoms with Crippen LogP contribution in [0.5, 0.6) is 5.75 Å². The van der Waals surface area contributed by atoms with E-state index in [4.69, 9.17) is 10.5 Å². The maximum absolute atomic E-state index is 13.7. The van der Waals surface area contributed by atoms with Gasteiger partial charge in [-0.05, 0) is 42.8 Å². The lowest BCUT2D eigenvalue weighted by Crippen LogP contribution is -2.14. The summed E-state index contributed by atoms with van der Waals surface area (Å²) in [6, 6.07) is 9.26. The number of nitrogens with two attached hydrogens (primary N) is 1. The monoisotopic (exact) mass is 274 g/mol. The highest BCUT2D eigenvalue weighted by molar-refractivity contribution is 6.05. The molecule has 0 radical (unpaired) electrons. The van der Waals surface area contributed by atoms with Crippen LogP contribution in [0.2, 0.25) is 0 Å². The van der Waals surface area contributed by atoms with E-state index in [-0.39, 0.29) is 11.3 Å². The minimum absolute atomic E-state index is 0.0678. The number of carbonyl (C=O) groups is 1. The molecule has 20 heavy (non-hydrogen) atoms. The third-order valence-electron chi connectivity index (χ3n) is 2.84. The summed E-state index contributed by atoms with van der Waals surface area (Å²) in [5.41, 5.74) is 7.14. The van der Waals surface area contributed by atoms with Crippen LogP contribution in [0.25, 0.3) is 0 Å². The highest BCUT2D eigenvalue weighted by atomic mass is 19.1. The summed E-state index contributed by atoms with van der Waals surface area (Å²) in [5.74, 6) is -0.688. The fourth-order valence-electron chi connectivity index (χ4n) is 1.81. The van der Waals surface area contributed by atoms with Gasteiger partial charge in [-0.2, -0.15) is 0 Å². The van der Waals surface area contributed by atoms with E-state index in [0.717, 1.165) is 11.6 Å². The van der Waals surface area contributed by atoms with Crippen LogP contribution in [0.15, 0.2) is 36.4 Å². The molecule has 0 aromatic heterocycles. The molecule has 2 aromatic carbocycles. The van der Waals surface area contributed by atoms with Gasteiger partial charge in [-0.1, -0.05) is 6.07 Å². The van der Waals surface area contributed by atoms with Crippen molar-refractivity contribution in [3.8, 4) is 5.75 Å². The summed E-state index contributed by atoms with van der Waals surface area (Å²) in [6.07, 6.45) is 0. The van der Waals surface area contributed by atoms with Crippen molar-refractivity contribution >= 4 is 17.3 Å². The number of nitrogen functional groups attached to an aromatic ring is 1. The van der Waals surface area contributed by atoms with E-state index in [1.54, 1.807) is 12.1 Å². The van der Waals surface area contributed by atoms with Gasteiger partial charge in [0, 0.05) is 5.69 Å². The van der Waals surface area contributed by atoms with Gasteiger partial charge in [0.25, 0.3) is 5.91 Å². The maximum atomic E-state index is 13.7. The van der Waals surface area contributed by atoms with Crippen molar-refractivity contribution in [2.45, 2.75) is 6.92 Å². The van der Waals surface area contributed by atoms with Crippen LogP contribution in [0.4, 0.5) is 15.8 Å². The minimum atomic E-state index is -0.659. The highest BCUT2D eigenvalue weighted by Crippen LogP contribution is 2.26. The van der Waals surface area contributed by atoms with Crippen LogP contribution in [0, 0.1) is 12.7 Å². The van der Waals surface area contributed by atoms with Gasteiger partial charge in [0.2, 0.25) is 0 Å². The number of halogens is 1. The van der Waals surface area contributed by atoms with E-state index in [1.165, 1.54) is 19.2 Å². The zero-order valence-corrected chi connectivity index (χ0v) is 11.2. The molecule has 0 aliphatic rings. The molecule has 2 aromatic rings. The molecule has 0 bridgehead atoms. The highest BCUT2D eigenvalue weighted by Gasteiger charge is 2.14. The number of carbonyl (C=O) groups excluding carboxylic acids is 1. The number of methoxy groups -OCH3 is 1. The normalized spacial score (nSPS) is 10.2. The van der Waals surface area contributed by atoms with E-state index >= 15 is 0 Å². The first-order valence-corrected chi connectivity index (χ1v) is 6.02. The largest absolute Gasteiger partial charge is 0.495 e. The Hall–Kier alpha value is -2.56.